The van der Waals surface area contributed by atoms with Crippen molar-refractivity contribution in [2.45, 2.75) is 27.7 Å². The van der Waals surface area contributed by atoms with Crippen molar-refractivity contribution in [2.24, 2.45) is 0 Å². The highest BCUT2D eigenvalue weighted by molar-refractivity contribution is 5.85. The smallest absolute Gasteiger partial charge is 0.233 e. The highest BCUT2D eigenvalue weighted by Crippen LogP contribution is 2.23. The molecule has 1 aliphatic rings. The molecule has 1 aromatic heterocycles. The molecule has 8 heteroatoms. The molecule has 3 aromatic rings. The van der Waals surface area contributed by atoms with Gasteiger partial charge in [-0.25, -0.2) is 0 Å². The molecule has 1 saturated heterocycles. The molecule has 0 bridgehead atoms. The van der Waals surface area contributed by atoms with E-state index >= 15 is 0 Å². The van der Waals surface area contributed by atoms with Crippen LogP contribution < -0.4 is 15.5 Å². The molecule has 2 heterocycles. The predicted molar refractivity (Wildman–Crippen MR) is 129 cm³/mol. The molecule has 31 heavy (non-hydrogen) atoms. The van der Waals surface area contributed by atoms with Gasteiger partial charge in [0, 0.05) is 24.5 Å². The van der Waals surface area contributed by atoms with Crippen LogP contribution in [0.25, 0.3) is 0 Å². The maximum atomic E-state index is 5.48. The molecule has 2 N–H and O–H groups in total. The number of aromatic nitrogens is 3. The summed E-state index contributed by atoms with van der Waals surface area (Å²) in [5, 5.41) is 6.69. The zero-order chi connectivity index (χ0) is 21.1. The highest BCUT2D eigenvalue weighted by atomic mass is 35.5. The Labute approximate surface area is 189 Å². The molecule has 7 nitrogen and oxygen atoms in total. The van der Waals surface area contributed by atoms with Crippen molar-refractivity contribution >= 4 is 41.6 Å². The fourth-order valence-electron chi connectivity index (χ4n) is 3.51. The summed E-state index contributed by atoms with van der Waals surface area (Å²) >= 11 is 0. The predicted octanol–water partition coefficient (Wildman–Crippen LogP) is 4.85. The van der Waals surface area contributed by atoms with Crippen molar-refractivity contribution < 1.29 is 4.74 Å². The van der Waals surface area contributed by atoms with Crippen LogP contribution in [0.3, 0.4) is 0 Å². The molecule has 0 aliphatic carbocycles. The summed E-state index contributed by atoms with van der Waals surface area (Å²) < 4.78 is 5.48. The van der Waals surface area contributed by atoms with E-state index < -0.39 is 0 Å². The van der Waals surface area contributed by atoms with E-state index in [4.69, 9.17) is 4.74 Å². The molecule has 0 spiro atoms. The van der Waals surface area contributed by atoms with E-state index in [1.54, 1.807) is 0 Å². The van der Waals surface area contributed by atoms with E-state index in [0.717, 1.165) is 24.5 Å². The molecule has 0 radical (unpaired) electrons. The molecule has 164 valence electrons. The van der Waals surface area contributed by atoms with Crippen molar-refractivity contribution in [3.8, 4) is 0 Å². The van der Waals surface area contributed by atoms with Crippen LogP contribution in [0, 0.1) is 27.7 Å². The van der Waals surface area contributed by atoms with E-state index in [1.807, 2.05) is 6.07 Å². The number of anilines is 5. The monoisotopic (exact) mass is 440 g/mol. The summed E-state index contributed by atoms with van der Waals surface area (Å²) in [4.78, 5) is 16.1. The Morgan fingerprint density at radius 1 is 0.742 bits per heavy atom. The zero-order valence-electron chi connectivity index (χ0n) is 18.4. The van der Waals surface area contributed by atoms with Gasteiger partial charge in [0.2, 0.25) is 17.8 Å². The van der Waals surface area contributed by atoms with Gasteiger partial charge in [-0.1, -0.05) is 12.1 Å². The summed E-state index contributed by atoms with van der Waals surface area (Å²) in [5.41, 5.74) is 6.76. The van der Waals surface area contributed by atoms with Crippen LogP contribution in [0.1, 0.15) is 22.3 Å². The third kappa shape index (κ3) is 5.83. The van der Waals surface area contributed by atoms with Crippen LogP contribution in [0.5, 0.6) is 0 Å². The molecule has 0 unspecified atom stereocenters. The lowest BCUT2D eigenvalue weighted by atomic mass is 10.1. The zero-order valence-corrected chi connectivity index (χ0v) is 19.2. The summed E-state index contributed by atoms with van der Waals surface area (Å²) in [6.45, 7) is 11.2. The Hall–Kier alpha value is -2.90. The minimum atomic E-state index is 0. The Morgan fingerprint density at radius 2 is 1.35 bits per heavy atom. The van der Waals surface area contributed by atoms with Crippen LogP contribution in [0.4, 0.5) is 29.2 Å². The SMILES string of the molecule is Cc1cc(C)cc(Nc2nc(Nc3ccc(C)c(C)c3)nc(N3CCOCC3)n2)c1.Cl. The Kier molecular flexibility index (Phi) is 7.30. The first kappa shape index (κ1) is 22.8. The lowest BCUT2D eigenvalue weighted by molar-refractivity contribution is 0.122. The first-order valence-electron chi connectivity index (χ1n) is 10.2. The third-order valence-electron chi connectivity index (χ3n) is 5.16. The summed E-state index contributed by atoms with van der Waals surface area (Å²) in [5.74, 6) is 1.68. The molecule has 0 atom stereocenters. The number of nitrogens with one attached hydrogen (secondary N) is 2. The van der Waals surface area contributed by atoms with Crippen molar-refractivity contribution in [1.82, 2.24) is 15.0 Å². The highest BCUT2D eigenvalue weighted by Gasteiger charge is 2.17. The van der Waals surface area contributed by atoms with Gasteiger partial charge in [0.05, 0.1) is 13.2 Å². The Morgan fingerprint density at radius 3 is 1.97 bits per heavy atom. The molecule has 1 fully saturated rings. The van der Waals surface area contributed by atoms with Gasteiger partial charge >= 0.3 is 0 Å². The van der Waals surface area contributed by atoms with E-state index in [-0.39, 0.29) is 12.4 Å². The van der Waals surface area contributed by atoms with Crippen LogP contribution in [-0.4, -0.2) is 41.3 Å². The first-order valence-corrected chi connectivity index (χ1v) is 10.2. The number of morpholine rings is 1. The lowest BCUT2D eigenvalue weighted by Crippen LogP contribution is -2.37. The topological polar surface area (TPSA) is 75.2 Å². The average molecular weight is 441 g/mol. The van der Waals surface area contributed by atoms with Gasteiger partial charge in [0.1, 0.15) is 0 Å². The van der Waals surface area contributed by atoms with Gasteiger partial charge < -0.3 is 20.3 Å². The van der Waals surface area contributed by atoms with E-state index in [2.05, 4.69) is 88.5 Å². The normalized spacial score (nSPS) is 13.5. The number of hydrogen-bond acceptors (Lipinski definition) is 7. The van der Waals surface area contributed by atoms with Crippen molar-refractivity contribution in [3.05, 3.63) is 58.7 Å². The fourth-order valence-corrected chi connectivity index (χ4v) is 3.51. The Bertz CT molecular complexity index is 1030. The molecule has 2 aromatic carbocycles. The first-order chi connectivity index (χ1) is 14.5. The van der Waals surface area contributed by atoms with Gasteiger partial charge in [0.15, 0.2) is 0 Å². The minimum Gasteiger partial charge on any atom is -0.378 e. The average Bonchev–Trinajstić information content (AvgIpc) is 2.70. The van der Waals surface area contributed by atoms with Crippen molar-refractivity contribution in [2.75, 3.05) is 41.8 Å². The quantitative estimate of drug-likeness (QED) is 0.587. The molecular weight excluding hydrogens is 412 g/mol. The lowest BCUT2D eigenvalue weighted by Gasteiger charge is -2.27. The summed E-state index contributed by atoms with van der Waals surface area (Å²) in [6, 6.07) is 12.5. The van der Waals surface area contributed by atoms with Crippen LogP contribution in [0.15, 0.2) is 36.4 Å². The number of halogens is 1. The number of aryl methyl sites for hydroxylation is 4. The van der Waals surface area contributed by atoms with Gasteiger partial charge in [-0.15, -0.1) is 12.4 Å². The minimum absolute atomic E-state index is 0. The number of benzene rings is 2. The van der Waals surface area contributed by atoms with Crippen molar-refractivity contribution in [3.63, 3.8) is 0 Å². The second kappa shape index (κ2) is 9.94. The van der Waals surface area contributed by atoms with Gasteiger partial charge in [0.25, 0.3) is 0 Å². The molecular formula is C23H29ClN6O. The summed E-state index contributed by atoms with van der Waals surface area (Å²) in [7, 11) is 0. The number of hydrogen-bond donors (Lipinski definition) is 2. The maximum absolute atomic E-state index is 5.48. The van der Waals surface area contributed by atoms with Gasteiger partial charge in [-0.2, -0.15) is 15.0 Å². The molecule has 0 saturated carbocycles. The van der Waals surface area contributed by atoms with Crippen LogP contribution in [-0.2, 0) is 4.74 Å². The largest absolute Gasteiger partial charge is 0.378 e. The van der Waals surface area contributed by atoms with E-state index in [9.17, 15) is 0 Å². The fraction of sp³-hybridized carbons (Fsp3) is 0.348. The van der Waals surface area contributed by atoms with Crippen LogP contribution >= 0.6 is 12.4 Å². The summed E-state index contributed by atoms with van der Waals surface area (Å²) in [6.07, 6.45) is 0. The van der Waals surface area contributed by atoms with E-state index in [1.165, 1.54) is 22.3 Å². The second-order valence-corrected chi connectivity index (χ2v) is 7.81. The molecule has 0 amide bonds. The Balaban J connectivity index is 0.00000272. The van der Waals surface area contributed by atoms with Crippen molar-refractivity contribution in [1.29, 1.82) is 0 Å². The second-order valence-electron chi connectivity index (χ2n) is 7.81. The third-order valence-corrected chi connectivity index (χ3v) is 5.16. The molecule has 4 rings (SSSR count). The van der Waals surface area contributed by atoms with Crippen LogP contribution in [0.2, 0.25) is 0 Å². The number of ether oxygens (including phenoxy) is 1. The van der Waals surface area contributed by atoms with Gasteiger partial charge in [-0.05, 0) is 74.2 Å². The van der Waals surface area contributed by atoms with Gasteiger partial charge in [-0.3, -0.25) is 0 Å². The maximum Gasteiger partial charge on any atom is 0.233 e. The standard InChI is InChI=1S/C23H28N6O.ClH/c1-15-11-16(2)13-20(12-15)25-22-26-21(24-19-6-5-17(3)18(4)14-19)27-23(28-22)29-7-9-30-10-8-29;/h5-6,11-14H,7-10H2,1-4H3,(H2,24,25,26,27,28);1H. The van der Waals surface area contributed by atoms with E-state index in [0.29, 0.717) is 31.1 Å². The number of rotatable bonds is 5. The number of nitrogens with zero attached hydrogens (tertiary/aromatic N) is 4. The molecule has 1 aliphatic heterocycles.